The molecule has 0 aliphatic carbocycles. The maximum Gasteiger partial charge on any atom is 0.338 e. The quantitative estimate of drug-likeness (QED) is 0.522. The summed E-state index contributed by atoms with van der Waals surface area (Å²) in [4.78, 5) is 11.8. The summed E-state index contributed by atoms with van der Waals surface area (Å²) in [6, 6.07) is 9.14. The van der Waals surface area contributed by atoms with Gasteiger partial charge in [0, 0.05) is 0 Å². The standard InChI is InChI=1S/C16H26NO2.ClH/c1-14(2)10-11-17(3,4)12-13-19-16(18)15-8-6-5-7-9-15;/h5-9,14H,10-13H2,1-4H3;1H/q+1;/p-1. The van der Waals surface area contributed by atoms with Crippen LogP contribution < -0.4 is 12.4 Å². The Morgan fingerprint density at radius 2 is 1.75 bits per heavy atom. The molecule has 0 aliphatic rings. The zero-order chi connectivity index (χ0) is 14.3. The Hall–Kier alpha value is -1.06. The molecule has 0 atom stereocenters. The molecule has 0 aromatic heterocycles. The van der Waals surface area contributed by atoms with Crippen LogP contribution in [-0.4, -0.2) is 44.2 Å². The van der Waals surface area contributed by atoms with Crippen molar-refractivity contribution < 1.29 is 26.4 Å². The minimum absolute atomic E-state index is 0. The Labute approximate surface area is 128 Å². The monoisotopic (exact) mass is 299 g/mol. The summed E-state index contributed by atoms with van der Waals surface area (Å²) >= 11 is 0. The van der Waals surface area contributed by atoms with Crippen molar-refractivity contribution in [3.63, 3.8) is 0 Å². The molecule has 1 rings (SSSR count). The van der Waals surface area contributed by atoms with Crippen molar-refractivity contribution in [2.45, 2.75) is 20.3 Å². The highest BCUT2D eigenvalue weighted by molar-refractivity contribution is 5.89. The van der Waals surface area contributed by atoms with Crippen LogP contribution in [0.3, 0.4) is 0 Å². The number of halogens is 1. The lowest BCUT2D eigenvalue weighted by atomic mass is 10.1. The number of hydrogen-bond acceptors (Lipinski definition) is 2. The molecule has 114 valence electrons. The molecule has 20 heavy (non-hydrogen) atoms. The molecule has 0 heterocycles. The number of carbonyl (C=O) groups excluding carboxylic acids is 1. The van der Waals surface area contributed by atoms with E-state index < -0.39 is 0 Å². The molecule has 0 fully saturated rings. The van der Waals surface area contributed by atoms with Gasteiger partial charge in [-0.1, -0.05) is 32.0 Å². The first-order valence-corrected chi connectivity index (χ1v) is 6.95. The number of ether oxygens (including phenoxy) is 1. The van der Waals surface area contributed by atoms with Crippen LogP contribution in [0.2, 0.25) is 0 Å². The van der Waals surface area contributed by atoms with Gasteiger partial charge in [0.2, 0.25) is 0 Å². The molecular weight excluding hydrogens is 274 g/mol. The van der Waals surface area contributed by atoms with Crippen LogP contribution in [0.4, 0.5) is 0 Å². The number of likely N-dealkylation sites (N-methyl/N-ethyl adjacent to an activating group) is 1. The fraction of sp³-hybridized carbons (Fsp3) is 0.562. The molecule has 1 aromatic carbocycles. The highest BCUT2D eigenvalue weighted by atomic mass is 35.5. The van der Waals surface area contributed by atoms with E-state index in [-0.39, 0.29) is 18.4 Å². The Morgan fingerprint density at radius 3 is 2.30 bits per heavy atom. The van der Waals surface area contributed by atoms with Gasteiger partial charge in [0.1, 0.15) is 13.2 Å². The predicted octanol–water partition coefficient (Wildman–Crippen LogP) is -0.0301. The van der Waals surface area contributed by atoms with Gasteiger partial charge in [-0.3, -0.25) is 0 Å². The fourth-order valence-corrected chi connectivity index (χ4v) is 1.76. The second-order valence-corrected chi connectivity index (χ2v) is 6.07. The number of carbonyl (C=O) groups is 1. The fourth-order valence-electron chi connectivity index (χ4n) is 1.76. The Kier molecular flexibility index (Phi) is 8.51. The molecule has 1 aromatic rings. The van der Waals surface area contributed by atoms with Gasteiger partial charge < -0.3 is 21.6 Å². The molecule has 0 saturated carbocycles. The van der Waals surface area contributed by atoms with Crippen LogP contribution in [0.25, 0.3) is 0 Å². The average molecular weight is 300 g/mol. The first kappa shape index (κ1) is 18.9. The Balaban J connectivity index is 0.00000361. The SMILES string of the molecule is CC(C)CC[N+](C)(C)CCOC(=O)c1ccccc1.[Cl-]. The lowest BCUT2D eigenvalue weighted by Gasteiger charge is -2.30. The first-order chi connectivity index (χ1) is 8.91. The van der Waals surface area contributed by atoms with Crippen molar-refractivity contribution in [2.75, 3.05) is 33.8 Å². The average Bonchev–Trinajstić information content (AvgIpc) is 2.37. The molecule has 0 bridgehead atoms. The summed E-state index contributed by atoms with van der Waals surface area (Å²) in [5, 5.41) is 0. The molecule has 0 aliphatic heterocycles. The summed E-state index contributed by atoms with van der Waals surface area (Å²) in [6.45, 7) is 6.90. The topological polar surface area (TPSA) is 26.3 Å². The number of rotatable bonds is 7. The van der Waals surface area contributed by atoms with Gasteiger partial charge in [0.15, 0.2) is 0 Å². The number of quaternary nitrogens is 1. The first-order valence-electron chi connectivity index (χ1n) is 6.95. The van der Waals surface area contributed by atoms with Crippen LogP contribution >= 0.6 is 0 Å². The van der Waals surface area contributed by atoms with Crippen LogP contribution in [-0.2, 0) is 4.74 Å². The number of benzene rings is 1. The molecule has 0 radical (unpaired) electrons. The Bertz CT molecular complexity index is 391. The minimum Gasteiger partial charge on any atom is -1.00 e. The molecule has 0 unspecified atom stereocenters. The van der Waals surface area contributed by atoms with Gasteiger partial charge in [-0.15, -0.1) is 0 Å². The van der Waals surface area contributed by atoms with E-state index in [4.69, 9.17) is 4.74 Å². The lowest BCUT2D eigenvalue weighted by Crippen LogP contribution is -3.00. The number of hydrogen-bond donors (Lipinski definition) is 0. The van der Waals surface area contributed by atoms with Crippen LogP contribution in [0.5, 0.6) is 0 Å². The van der Waals surface area contributed by atoms with E-state index in [2.05, 4.69) is 27.9 Å². The van der Waals surface area contributed by atoms with Crippen LogP contribution in [0, 0.1) is 5.92 Å². The van der Waals surface area contributed by atoms with Crippen molar-refractivity contribution >= 4 is 5.97 Å². The lowest BCUT2D eigenvalue weighted by molar-refractivity contribution is -0.891. The zero-order valence-electron chi connectivity index (χ0n) is 12.9. The largest absolute Gasteiger partial charge is 1.00 e. The summed E-state index contributed by atoms with van der Waals surface area (Å²) in [7, 11) is 4.36. The van der Waals surface area contributed by atoms with Crippen molar-refractivity contribution in [3.8, 4) is 0 Å². The molecule has 3 nitrogen and oxygen atoms in total. The molecule has 0 amide bonds. The van der Waals surface area contributed by atoms with Crippen molar-refractivity contribution in [2.24, 2.45) is 5.92 Å². The Morgan fingerprint density at radius 1 is 1.15 bits per heavy atom. The van der Waals surface area contributed by atoms with Gasteiger partial charge in [0.05, 0.1) is 26.2 Å². The number of nitrogens with zero attached hydrogens (tertiary/aromatic N) is 1. The maximum atomic E-state index is 11.8. The van der Waals surface area contributed by atoms with Crippen molar-refractivity contribution in [1.29, 1.82) is 0 Å². The van der Waals surface area contributed by atoms with Crippen molar-refractivity contribution in [3.05, 3.63) is 35.9 Å². The van der Waals surface area contributed by atoms with E-state index in [0.717, 1.165) is 17.6 Å². The highest BCUT2D eigenvalue weighted by Gasteiger charge is 2.16. The zero-order valence-corrected chi connectivity index (χ0v) is 13.7. The molecule has 0 N–H and O–H groups in total. The van der Waals surface area contributed by atoms with Crippen molar-refractivity contribution in [1.82, 2.24) is 0 Å². The van der Waals surface area contributed by atoms with E-state index in [1.165, 1.54) is 6.42 Å². The van der Waals surface area contributed by atoms with E-state index in [9.17, 15) is 4.79 Å². The van der Waals surface area contributed by atoms with E-state index >= 15 is 0 Å². The third-order valence-corrected chi connectivity index (χ3v) is 3.25. The third-order valence-electron chi connectivity index (χ3n) is 3.25. The molecule has 4 heteroatoms. The third kappa shape index (κ3) is 7.51. The molecular formula is C16H26ClNO2. The van der Waals surface area contributed by atoms with Gasteiger partial charge in [0.25, 0.3) is 0 Å². The smallest absolute Gasteiger partial charge is 0.338 e. The maximum absolute atomic E-state index is 11.8. The number of esters is 1. The van der Waals surface area contributed by atoms with Gasteiger partial charge >= 0.3 is 5.97 Å². The van der Waals surface area contributed by atoms with E-state index in [1.54, 1.807) is 12.1 Å². The van der Waals surface area contributed by atoms with Crippen LogP contribution in [0.15, 0.2) is 30.3 Å². The van der Waals surface area contributed by atoms with Gasteiger partial charge in [-0.25, -0.2) is 4.79 Å². The van der Waals surface area contributed by atoms with Crippen LogP contribution in [0.1, 0.15) is 30.6 Å². The highest BCUT2D eigenvalue weighted by Crippen LogP contribution is 2.07. The summed E-state index contributed by atoms with van der Waals surface area (Å²) < 4.78 is 6.21. The summed E-state index contributed by atoms with van der Waals surface area (Å²) in [5.41, 5.74) is 0.620. The van der Waals surface area contributed by atoms with E-state index in [0.29, 0.717) is 18.1 Å². The molecule has 0 saturated heterocycles. The second-order valence-electron chi connectivity index (χ2n) is 6.07. The van der Waals surface area contributed by atoms with Gasteiger partial charge in [-0.2, -0.15) is 0 Å². The summed E-state index contributed by atoms with van der Waals surface area (Å²) in [6.07, 6.45) is 1.19. The minimum atomic E-state index is -0.232. The van der Waals surface area contributed by atoms with Gasteiger partial charge in [-0.05, 0) is 24.5 Å². The predicted molar refractivity (Wildman–Crippen MR) is 78.0 cm³/mol. The normalized spacial score (nSPS) is 11.1. The van der Waals surface area contributed by atoms with E-state index in [1.807, 2.05) is 18.2 Å². The molecule has 0 spiro atoms. The summed E-state index contributed by atoms with van der Waals surface area (Å²) in [5.74, 6) is 0.480. The second kappa shape index (κ2) is 8.98.